The van der Waals surface area contributed by atoms with Crippen molar-refractivity contribution in [1.29, 1.82) is 0 Å². The average molecular weight is 266 g/mol. The third kappa shape index (κ3) is 5.05. The highest BCUT2D eigenvalue weighted by Gasteiger charge is 2.17. The maximum absolute atomic E-state index is 11.3. The van der Waals surface area contributed by atoms with Crippen LogP contribution in [0.4, 0.5) is 0 Å². The molecular formula is C13H18N2O4. The van der Waals surface area contributed by atoms with Gasteiger partial charge in [0.1, 0.15) is 0 Å². The van der Waals surface area contributed by atoms with Crippen LogP contribution in [0.1, 0.15) is 11.3 Å². The Hall–Kier alpha value is -1.95. The van der Waals surface area contributed by atoms with Gasteiger partial charge in [0.25, 0.3) is 0 Å². The first-order valence-electron chi connectivity index (χ1n) is 5.83. The van der Waals surface area contributed by atoms with E-state index in [4.69, 9.17) is 0 Å². The van der Waals surface area contributed by atoms with E-state index in [2.05, 4.69) is 14.5 Å². The zero-order valence-electron chi connectivity index (χ0n) is 11.4. The number of carbonyl (C=O) groups is 2. The van der Waals surface area contributed by atoms with Crippen molar-refractivity contribution in [2.45, 2.75) is 13.5 Å². The number of methoxy groups -OCH3 is 2. The molecule has 1 rings (SSSR count). The molecule has 0 aliphatic rings. The molecule has 1 heterocycles. The van der Waals surface area contributed by atoms with Crippen molar-refractivity contribution in [3.63, 3.8) is 0 Å². The lowest BCUT2D eigenvalue weighted by Crippen LogP contribution is -2.35. The molecule has 19 heavy (non-hydrogen) atoms. The summed E-state index contributed by atoms with van der Waals surface area (Å²) in [5.41, 5.74) is 1.82. The molecule has 0 aliphatic carbocycles. The topological polar surface area (TPSA) is 68.7 Å². The predicted octanol–water partition coefficient (Wildman–Crippen LogP) is 0.538. The smallest absolute Gasteiger partial charge is 0.319 e. The zero-order chi connectivity index (χ0) is 14.3. The Kier molecular flexibility index (Phi) is 5.95. The summed E-state index contributed by atoms with van der Waals surface area (Å²) in [7, 11) is 2.62. The van der Waals surface area contributed by atoms with Crippen LogP contribution in [0.5, 0.6) is 0 Å². The van der Waals surface area contributed by atoms with Gasteiger partial charge in [-0.15, -0.1) is 0 Å². The number of rotatable bonds is 6. The fraction of sp³-hybridized carbons (Fsp3) is 0.462. The van der Waals surface area contributed by atoms with Gasteiger partial charge in [0.05, 0.1) is 33.0 Å². The van der Waals surface area contributed by atoms with Gasteiger partial charge in [-0.1, -0.05) is 6.07 Å². The summed E-state index contributed by atoms with van der Waals surface area (Å²) in [6.07, 6.45) is 1.68. The molecular weight excluding hydrogens is 248 g/mol. The van der Waals surface area contributed by atoms with Crippen molar-refractivity contribution < 1.29 is 19.1 Å². The second-order valence-electron chi connectivity index (χ2n) is 4.06. The Morgan fingerprint density at radius 2 is 1.79 bits per heavy atom. The molecule has 0 bridgehead atoms. The van der Waals surface area contributed by atoms with Gasteiger partial charge in [-0.2, -0.15) is 0 Å². The Labute approximate surface area is 112 Å². The summed E-state index contributed by atoms with van der Waals surface area (Å²) in [6, 6.07) is 3.76. The Bertz CT molecular complexity index is 430. The largest absolute Gasteiger partial charge is 0.468 e. The molecule has 0 radical (unpaired) electrons. The Morgan fingerprint density at radius 1 is 1.21 bits per heavy atom. The quantitative estimate of drug-likeness (QED) is 0.700. The molecule has 0 amide bonds. The molecule has 0 N–H and O–H groups in total. The van der Waals surface area contributed by atoms with Gasteiger partial charge in [-0.05, 0) is 18.6 Å². The van der Waals surface area contributed by atoms with E-state index in [0.717, 1.165) is 11.3 Å². The van der Waals surface area contributed by atoms with E-state index in [1.807, 2.05) is 19.1 Å². The van der Waals surface area contributed by atoms with Crippen molar-refractivity contribution in [3.8, 4) is 0 Å². The molecule has 1 aromatic heterocycles. The van der Waals surface area contributed by atoms with Gasteiger partial charge in [0.15, 0.2) is 0 Å². The number of ether oxygens (including phenoxy) is 2. The van der Waals surface area contributed by atoms with Crippen LogP contribution in [0.2, 0.25) is 0 Å². The highest BCUT2D eigenvalue weighted by molar-refractivity contribution is 5.74. The number of pyridine rings is 1. The molecule has 0 spiro atoms. The van der Waals surface area contributed by atoms with Gasteiger partial charge < -0.3 is 9.47 Å². The minimum absolute atomic E-state index is 0.0155. The molecule has 6 nitrogen and oxygen atoms in total. The molecule has 0 unspecified atom stereocenters. The molecule has 1 aromatic rings. The zero-order valence-corrected chi connectivity index (χ0v) is 11.4. The Morgan fingerprint density at radius 3 is 2.26 bits per heavy atom. The molecule has 0 aromatic carbocycles. The summed E-state index contributed by atoms with van der Waals surface area (Å²) >= 11 is 0. The van der Waals surface area contributed by atoms with Crippen LogP contribution in [0, 0.1) is 6.92 Å². The highest BCUT2D eigenvalue weighted by atomic mass is 16.5. The van der Waals surface area contributed by atoms with E-state index in [9.17, 15) is 9.59 Å². The van der Waals surface area contributed by atoms with E-state index in [1.165, 1.54) is 14.2 Å². The summed E-state index contributed by atoms with van der Waals surface area (Å²) in [5.74, 6) is -0.810. The summed E-state index contributed by atoms with van der Waals surface area (Å²) in [5, 5.41) is 0. The van der Waals surface area contributed by atoms with E-state index >= 15 is 0 Å². The molecule has 104 valence electrons. The number of hydrogen-bond acceptors (Lipinski definition) is 6. The number of aromatic nitrogens is 1. The second-order valence-corrected chi connectivity index (χ2v) is 4.06. The van der Waals surface area contributed by atoms with Crippen molar-refractivity contribution in [2.24, 2.45) is 0 Å². The fourth-order valence-electron chi connectivity index (χ4n) is 1.56. The lowest BCUT2D eigenvalue weighted by molar-refractivity contribution is -0.145. The first-order valence-corrected chi connectivity index (χ1v) is 5.83. The predicted molar refractivity (Wildman–Crippen MR) is 68.3 cm³/mol. The van der Waals surface area contributed by atoms with Crippen LogP contribution in [-0.2, 0) is 25.6 Å². The first-order chi connectivity index (χ1) is 9.06. The minimum atomic E-state index is -0.405. The van der Waals surface area contributed by atoms with Crippen LogP contribution in [-0.4, -0.2) is 49.1 Å². The summed E-state index contributed by atoms with van der Waals surface area (Å²) < 4.78 is 9.22. The van der Waals surface area contributed by atoms with E-state index in [0.29, 0.717) is 6.54 Å². The Balaban J connectivity index is 2.75. The summed E-state index contributed by atoms with van der Waals surface area (Å²) in [6.45, 7) is 2.34. The van der Waals surface area contributed by atoms with Gasteiger partial charge in [0.2, 0.25) is 0 Å². The number of carbonyl (C=O) groups excluding carboxylic acids is 2. The van der Waals surface area contributed by atoms with Crippen LogP contribution in [0.3, 0.4) is 0 Å². The van der Waals surface area contributed by atoms with Crippen LogP contribution < -0.4 is 0 Å². The van der Waals surface area contributed by atoms with Crippen LogP contribution in [0.15, 0.2) is 18.3 Å². The number of esters is 2. The molecule has 0 saturated carbocycles. The molecule has 0 aliphatic heterocycles. The number of hydrogen-bond donors (Lipinski definition) is 0. The van der Waals surface area contributed by atoms with Crippen molar-refractivity contribution in [3.05, 3.63) is 29.6 Å². The molecule has 0 atom stereocenters. The molecule has 0 saturated heterocycles. The lowest BCUT2D eigenvalue weighted by Gasteiger charge is -2.19. The fourth-order valence-corrected chi connectivity index (χ4v) is 1.56. The maximum atomic E-state index is 11.3. The van der Waals surface area contributed by atoms with Gasteiger partial charge in [-0.25, -0.2) is 0 Å². The standard InChI is InChI=1S/C13H18N2O4/c1-10-5-4-6-14-11(10)7-15(8-12(16)18-2)9-13(17)19-3/h4-6H,7-9H2,1-3H3. The van der Waals surface area contributed by atoms with Gasteiger partial charge in [-0.3, -0.25) is 19.5 Å². The number of aryl methyl sites for hydroxylation is 1. The van der Waals surface area contributed by atoms with Crippen molar-refractivity contribution in [1.82, 2.24) is 9.88 Å². The van der Waals surface area contributed by atoms with Gasteiger partial charge >= 0.3 is 11.9 Å². The third-order valence-electron chi connectivity index (χ3n) is 2.65. The summed E-state index contributed by atoms with van der Waals surface area (Å²) in [4.78, 5) is 28.5. The normalized spacial score (nSPS) is 10.3. The van der Waals surface area contributed by atoms with Gasteiger partial charge in [0, 0.05) is 12.7 Å². The van der Waals surface area contributed by atoms with E-state index in [1.54, 1.807) is 11.1 Å². The SMILES string of the molecule is COC(=O)CN(CC(=O)OC)Cc1ncccc1C. The second kappa shape index (κ2) is 7.48. The molecule has 6 heteroatoms. The van der Waals surface area contributed by atoms with Crippen molar-refractivity contribution >= 4 is 11.9 Å². The highest BCUT2D eigenvalue weighted by Crippen LogP contribution is 2.07. The first kappa shape index (κ1) is 15.1. The molecule has 0 fully saturated rings. The minimum Gasteiger partial charge on any atom is -0.468 e. The van der Waals surface area contributed by atoms with Crippen molar-refractivity contribution in [2.75, 3.05) is 27.3 Å². The maximum Gasteiger partial charge on any atom is 0.319 e. The van der Waals surface area contributed by atoms with Crippen LogP contribution >= 0.6 is 0 Å². The number of nitrogens with zero attached hydrogens (tertiary/aromatic N) is 2. The van der Waals surface area contributed by atoms with E-state index in [-0.39, 0.29) is 13.1 Å². The van der Waals surface area contributed by atoms with E-state index < -0.39 is 11.9 Å². The average Bonchev–Trinajstić information content (AvgIpc) is 2.40. The monoisotopic (exact) mass is 266 g/mol. The van der Waals surface area contributed by atoms with Crippen LogP contribution in [0.25, 0.3) is 0 Å². The lowest BCUT2D eigenvalue weighted by atomic mass is 10.2. The third-order valence-corrected chi connectivity index (χ3v) is 2.65.